The van der Waals surface area contributed by atoms with Crippen LogP contribution < -0.4 is 5.73 Å². The number of aromatic amines is 2. The van der Waals surface area contributed by atoms with Crippen molar-refractivity contribution in [3.05, 3.63) is 131 Å². The fourth-order valence-corrected chi connectivity index (χ4v) is 9.60. The van der Waals surface area contributed by atoms with Crippen molar-refractivity contribution in [1.82, 2.24) is 34.6 Å². The lowest BCUT2D eigenvalue weighted by Gasteiger charge is -2.34. The molecule has 12 nitrogen and oxygen atoms in total. The Morgan fingerprint density at radius 1 is 0.767 bits per heavy atom. The van der Waals surface area contributed by atoms with E-state index in [1.807, 2.05) is 57.9 Å². The van der Waals surface area contributed by atoms with Gasteiger partial charge in [-0.15, -0.1) is 11.3 Å². The summed E-state index contributed by atoms with van der Waals surface area (Å²) in [5, 5.41) is 1.96. The highest BCUT2D eigenvalue weighted by Crippen LogP contribution is 2.37. The Kier molecular flexibility index (Phi) is 12.5. The molecule has 6 aromatic rings. The minimum Gasteiger partial charge on any atom is -0.445 e. The molecule has 4 atom stereocenters. The van der Waals surface area contributed by atoms with Crippen LogP contribution in [0.25, 0.3) is 33.6 Å². The molecule has 2 saturated heterocycles. The smallest absolute Gasteiger partial charge is 0.404 e. The quantitative estimate of drug-likeness (QED) is 0.0937. The minimum atomic E-state index is -0.880. The van der Waals surface area contributed by atoms with Gasteiger partial charge in [-0.25, -0.2) is 14.8 Å². The summed E-state index contributed by atoms with van der Waals surface area (Å²) < 4.78 is 5.34. The van der Waals surface area contributed by atoms with Crippen molar-refractivity contribution in [3.63, 3.8) is 0 Å². The van der Waals surface area contributed by atoms with Crippen LogP contribution in [0.4, 0.5) is 4.79 Å². The van der Waals surface area contributed by atoms with Crippen molar-refractivity contribution in [1.29, 1.82) is 0 Å². The van der Waals surface area contributed by atoms with E-state index in [1.54, 1.807) is 11.3 Å². The zero-order chi connectivity index (χ0) is 41.6. The number of carbonyl (C=O) groups excluding carboxylic acids is 3. The number of imidazole rings is 2. The molecule has 2 fully saturated rings. The molecule has 310 valence electrons. The highest BCUT2D eigenvalue weighted by atomic mass is 32.1. The molecule has 0 radical (unpaired) electrons. The third kappa shape index (κ3) is 8.92. The number of rotatable bonds is 15. The fraction of sp³-hybridized carbons (Fsp3) is 0.340. The molecule has 3 aromatic heterocycles. The molecule has 0 unspecified atom stereocenters. The van der Waals surface area contributed by atoms with E-state index >= 15 is 0 Å². The number of carbonyl (C=O) groups is 3. The van der Waals surface area contributed by atoms with E-state index in [0.29, 0.717) is 19.5 Å². The van der Waals surface area contributed by atoms with Crippen LogP contribution >= 0.6 is 11.3 Å². The summed E-state index contributed by atoms with van der Waals surface area (Å²) in [6.45, 7) is 7.13. The molecule has 2 aliphatic rings. The first kappa shape index (κ1) is 40.7. The van der Waals surface area contributed by atoms with E-state index in [2.05, 4.69) is 89.4 Å². The SMILES string of the molecule is CCN(CC)[C@@H](C(=O)N1CCC[C@H]1c1ncc(-c2ccc(-c3ccc(-c4cnc([C@@H]5CCCN5C(=O)C[C@@H](Cc5cccs5)OC(N)=O)[nH]4)cc3)cc2)[nH]1)c1ccccc1. The molecular formula is C47H52N8O4S. The molecule has 4 N–H and O–H groups in total. The number of amides is 3. The first-order valence-electron chi connectivity index (χ1n) is 21.0. The molecule has 13 heteroatoms. The molecule has 3 aromatic carbocycles. The number of nitrogens with one attached hydrogen (secondary N) is 2. The highest BCUT2D eigenvalue weighted by molar-refractivity contribution is 7.09. The van der Waals surface area contributed by atoms with E-state index in [-0.39, 0.29) is 36.4 Å². The normalized spacial score (nSPS) is 17.6. The molecule has 3 amide bonds. The second-order valence-electron chi connectivity index (χ2n) is 15.5. The van der Waals surface area contributed by atoms with Gasteiger partial charge in [-0.1, -0.05) is 98.8 Å². The van der Waals surface area contributed by atoms with Crippen LogP contribution in [0.3, 0.4) is 0 Å². The number of likely N-dealkylation sites (tertiary alicyclic amines) is 2. The van der Waals surface area contributed by atoms with Gasteiger partial charge in [0.1, 0.15) is 23.8 Å². The number of primary amides is 1. The number of ether oxygens (including phenoxy) is 1. The number of nitrogens with zero attached hydrogens (tertiary/aromatic N) is 5. The molecule has 0 aliphatic carbocycles. The highest BCUT2D eigenvalue weighted by Gasteiger charge is 2.38. The Labute approximate surface area is 354 Å². The van der Waals surface area contributed by atoms with Crippen LogP contribution in [0.1, 0.15) is 86.2 Å². The van der Waals surface area contributed by atoms with Crippen LogP contribution in [0.2, 0.25) is 0 Å². The topological polar surface area (TPSA) is 154 Å². The maximum Gasteiger partial charge on any atom is 0.404 e. The van der Waals surface area contributed by atoms with Gasteiger partial charge in [-0.3, -0.25) is 14.5 Å². The molecule has 60 heavy (non-hydrogen) atoms. The minimum absolute atomic E-state index is 0.0605. The summed E-state index contributed by atoms with van der Waals surface area (Å²) in [6, 6.07) is 30.2. The number of benzene rings is 3. The van der Waals surface area contributed by atoms with Crippen molar-refractivity contribution < 1.29 is 19.1 Å². The number of H-pyrrole nitrogens is 2. The number of hydrogen-bond acceptors (Lipinski definition) is 8. The number of aromatic nitrogens is 4. The van der Waals surface area contributed by atoms with Crippen molar-refractivity contribution >= 4 is 29.2 Å². The molecule has 2 aliphatic heterocycles. The number of nitrogens with two attached hydrogens (primary N) is 1. The predicted octanol–water partition coefficient (Wildman–Crippen LogP) is 8.70. The molecule has 0 bridgehead atoms. The van der Waals surface area contributed by atoms with Crippen LogP contribution in [0.15, 0.2) is 109 Å². The van der Waals surface area contributed by atoms with Crippen LogP contribution in [-0.4, -0.2) is 84.8 Å². The third-order valence-electron chi connectivity index (χ3n) is 11.9. The average Bonchev–Trinajstić information content (AvgIpc) is 4.12. The number of likely N-dealkylation sites (N-methyl/N-ethyl adjacent to an activating group) is 1. The lowest BCUT2D eigenvalue weighted by Crippen LogP contribution is -2.43. The Bertz CT molecular complexity index is 2360. The van der Waals surface area contributed by atoms with Crippen LogP contribution in [-0.2, 0) is 20.7 Å². The molecule has 0 spiro atoms. The first-order chi connectivity index (χ1) is 29.3. The number of hydrogen-bond donors (Lipinski definition) is 3. The zero-order valence-corrected chi connectivity index (χ0v) is 34.9. The second-order valence-corrected chi connectivity index (χ2v) is 16.6. The molecule has 0 saturated carbocycles. The Morgan fingerprint density at radius 2 is 1.32 bits per heavy atom. The standard InChI is InChI=1S/C47H52N8O4S/c1-3-53(4-2)43(35-11-6-5-7-12-35)46(57)55-25-9-15-41(55)45-50-30-39(52-45)34-22-18-32(19-23-34)31-16-20-33(21-17-31)38-29-49-44(51-38)40-14-8-24-54(40)42(56)28-36(59-47(48)58)27-37-13-10-26-60-37/h5-7,10-13,16-23,26,29-30,36,40-41,43H,3-4,8-9,14-15,24-25,27-28H2,1-2H3,(H2,48,58)(H,49,51)(H,50,52)/t36-,40+,41+,43-/m1/s1. The van der Waals surface area contributed by atoms with E-state index in [4.69, 9.17) is 20.4 Å². The van der Waals surface area contributed by atoms with Gasteiger partial charge >= 0.3 is 6.09 Å². The van der Waals surface area contributed by atoms with Crippen molar-refractivity contribution in [2.24, 2.45) is 5.73 Å². The van der Waals surface area contributed by atoms with Crippen molar-refractivity contribution in [2.45, 2.75) is 76.6 Å². The predicted molar refractivity (Wildman–Crippen MR) is 234 cm³/mol. The van der Waals surface area contributed by atoms with Gasteiger partial charge in [0.05, 0.1) is 42.3 Å². The summed E-state index contributed by atoms with van der Waals surface area (Å²) in [5.41, 5.74) is 12.4. The summed E-state index contributed by atoms with van der Waals surface area (Å²) >= 11 is 1.56. The van der Waals surface area contributed by atoms with Crippen LogP contribution in [0, 0.1) is 0 Å². The summed E-state index contributed by atoms with van der Waals surface area (Å²) in [5.74, 6) is 1.61. The maximum atomic E-state index is 14.2. The first-order valence-corrected chi connectivity index (χ1v) is 21.9. The average molecular weight is 825 g/mol. The summed E-state index contributed by atoms with van der Waals surface area (Å²) in [6.07, 6.45) is 6.17. The summed E-state index contributed by atoms with van der Waals surface area (Å²) in [4.78, 5) is 63.0. The molecular weight excluding hydrogens is 773 g/mol. The zero-order valence-electron chi connectivity index (χ0n) is 34.1. The Morgan fingerprint density at radius 3 is 1.85 bits per heavy atom. The van der Waals surface area contributed by atoms with Gasteiger partial charge in [0.15, 0.2) is 0 Å². The van der Waals surface area contributed by atoms with E-state index in [9.17, 15) is 14.4 Å². The largest absolute Gasteiger partial charge is 0.445 e. The van der Waals surface area contributed by atoms with E-state index in [0.717, 1.165) is 94.5 Å². The third-order valence-corrected chi connectivity index (χ3v) is 12.8. The van der Waals surface area contributed by atoms with E-state index < -0.39 is 12.2 Å². The molecule has 5 heterocycles. The Balaban J connectivity index is 0.908. The number of thiophene rings is 1. The lowest BCUT2D eigenvalue weighted by atomic mass is 10.0. The van der Waals surface area contributed by atoms with Gasteiger partial charge in [0, 0.05) is 24.4 Å². The Hall–Kier alpha value is -6.05. The van der Waals surface area contributed by atoms with E-state index in [1.165, 1.54) is 0 Å². The fourth-order valence-electron chi connectivity index (χ4n) is 8.83. The van der Waals surface area contributed by atoms with Gasteiger partial charge < -0.3 is 30.2 Å². The maximum absolute atomic E-state index is 14.2. The molecule has 8 rings (SSSR count). The van der Waals surface area contributed by atoms with Crippen molar-refractivity contribution in [2.75, 3.05) is 26.2 Å². The van der Waals surface area contributed by atoms with Gasteiger partial charge in [-0.05, 0) is 78.0 Å². The van der Waals surface area contributed by atoms with Crippen LogP contribution in [0.5, 0.6) is 0 Å². The lowest BCUT2D eigenvalue weighted by molar-refractivity contribution is -0.138. The van der Waals surface area contributed by atoms with Gasteiger partial charge in [0.25, 0.3) is 0 Å². The van der Waals surface area contributed by atoms with Gasteiger partial charge in [0.2, 0.25) is 11.8 Å². The summed E-state index contributed by atoms with van der Waals surface area (Å²) in [7, 11) is 0. The van der Waals surface area contributed by atoms with Crippen molar-refractivity contribution in [3.8, 4) is 33.6 Å². The second kappa shape index (κ2) is 18.5. The monoisotopic (exact) mass is 824 g/mol. The van der Waals surface area contributed by atoms with Gasteiger partial charge in [-0.2, -0.15) is 0 Å².